The average Bonchev–Trinajstić information content (AvgIpc) is 3.46. The van der Waals surface area contributed by atoms with Crippen molar-refractivity contribution in [1.29, 1.82) is 0 Å². The molecule has 5 heterocycles. The van der Waals surface area contributed by atoms with Crippen LogP contribution in [0.1, 0.15) is 19.3 Å². The molecule has 8 nitrogen and oxygen atoms in total. The van der Waals surface area contributed by atoms with Gasteiger partial charge in [-0.1, -0.05) is 17.7 Å². The Morgan fingerprint density at radius 2 is 2.07 bits per heavy atom. The molecular weight excluding hydrogens is 402 g/mol. The molecule has 0 amide bonds. The van der Waals surface area contributed by atoms with Crippen molar-refractivity contribution >= 4 is 39.5 Å². The van der Waals surface area contributed by atoms with Crippen LogP contribution in [-0.4, -0.2) is 42.4 Å². The number of hydrogen-bond donors (Lipinski definition) is 2. The van der Waals surface area contributed by atoms with Crippen LogP contribution in [0, 0.1) is 0 Å². The Hall–Kier alpha value is -2.84. The monoisotopic (exact) mass is 423 g/mol. The van der Waals surface area contributed by atoms with Gasteiger partial charge in [0, 0.05) is 61.1 Å². The molecule has 30 heavy (non-hydrogen) atoms. The Balaban J connectivity index is 1.55. The van der Waals surface area contributed by atoms with Gasteiger partial charge in [-0.15, -0.1) is 0 Å². The summed E-state index contributed by atoms with van der Waals surface area (Å²) in [6, 6.07) is 4.58. The summed E-state index contributed by atoms with van der Waals surface area (Å²) < 4.78 is 3.39. The van der Waals surface area contributed by atoms with E-state index < -0.39 is 0 Å². The standard InChI is InChI=1S/C21H22ClN7O/c1-27-9-13-15(26-27)5-4-11(18(13)22)12-8-24-19-17(12)20(30)28(2)21(25-19)29-10-3-6-16(29)14(23)7-10/h4-5,8-10,14,16,24H,3,6-7,23H2,1-2H3/t10-,14+,16+/m1/s1. The summed E-state index contributed by atoms with van der Waals surface area (Å²) in [6.45, 7) is 0. The topological polar surface area (TPSA) is 97.8 Å². The number of aromatic amines is 1. The van der Waals surface area contributed by atoms with Gasteiger partial charge in [-0.25, -0.2) is 0 Å². The van der Waals surface area contributed by atoms with Crippen molar-refractivity contribution in [3.05, 3.63) is 39.9 Å². The van der Waals surface area contributed by atoms with Crippen molar-refractivity contribution in [3.63, 3.8) is 0 Å². The van der Waals surface area contributed by atoms with E-state index in [9.17, 15) is 4.79 Å². The van der Waals surface area contributed by atoms with E-state index in [2.05, 4.69) is 15.0 Å². The van der Waals surface area contributed by atoms with Crippen LogP contribution in [0.2, 0.25) is 5.02 Å². The molecular formula is C21H22ClN7O. The van der Waals surface area contributed by atoms with Gasteiger partial charge in [-0.05, 0) is 25.3 Å². The highest BCUT2D eigenvalue weighted by molar-refractivity contribution is 6.38. The van der Waals surface area contributed by atoms with Crippen LogP contribution >= 0.6 is 11.6 Å². The molecule has 0 unspecified atom stereocenters. The largest absolute Gasteiger partial charge is 0.345 e. The molecule has 2 aliphatic heterocycles. The Morgan fingerprint density at radius 1 is 1.23 bits per heavy atom. The van der Waals surface area contributed by atoms with E-state index in [0.717, 1.165) is 41.3 Å². The molecule has 3 atom stereocenters. The third-order valence-corrected chi connectivity index (χ3v) is 7.14. The van der Waals surface area contributed by atoms with Crippen molar-refractivity contribution in [2.45, 2.75) is 37.4 Å². The molecule has 1 aromatic carbocycles. The lowest BCUT2D eigenvalue weighted by Gasteiger charge is -2.25. The maximum absolute atomic E-state index is 13.4. The lowest BCUT2D eigenvalue weighted by atomic mass is 9.97. The third kappa shape index (κ3) is 2.29. The number of halogens is 1. The first kappa shape index (κ1) is 18.0. The highest BCUT2D eigenvalue weighted by Gasteiger charge is 2.46. The number of nitrogens with zero attached hydrogens (tertiary/aromatic N) is 5. The maximum atomic E-state index is 13.4. The molecule has 3 aromatic heterocycles. The van der Waals surface area contributed by atoms with E-state index in [1.165, 1.54) is 0 Å². The van der Waals surface area contributed by atoms with E-state index in [1.807, 2.05) is 31.6 Å². The number of aromatic nitrogens is 5. The van der Waals surface area contributed by atoms with Crippen LogP contribution in [0.5, 0.6) is 0 Å². The molecule has 3 N–H and O–H groups in total. The second kappa shape index (κ2) is 6.09. The van der Waals surface area contributed by atoms with Crippen molar-refractivity contribution < 1.29 is 0 Å². The minimum Gasteiger partial charge on any atom is -0.345 e. The number of aryl methyl sites for hydroxylation is 1. The fraction of sp³-hybridized carbons (Fsp3) is 0.381. The summed E-state index contributed by atoms with van der Waals surface area (Å²) in [4.78, 5) is 23.7. The van der Waals surface area contributed by atoms with Crippen LogP contribution in [-0.2, 0) is 14.1 Å². The summed E-state index contributed by atoms with van der Waals surface area (Å²) in [5, 5.41) is 6.38. The fourth-order valence-corrected chi connectivity index (χ4v) is 5.64. The summed E-state index contributed by atoms with van der Waals surface area (Å²) in [5.41, 5.74) is 9.15. The first-order chi connectivity index (χ1) is 14.4. The van der Waals surface area contributed by atoms with Crippen molar-refractivity contribution in [2.24, 2.45) is 19.8 Å². The highest BCUT2D eigenvalue weighted by atomic mass is 35.5. The van der Waals surface area contributed by atoms with Gasteiger partial charge < -0.3 is 15.6 Å². The van der Waals surface area contributed by atoms with Gasteiger partial charge >= 0.3 is 0 Å². The Labute approximate surface area is 177 Å². The number of nitrogens with two attached hydrogens (primary N) is 1. The zero-order chi connectivity index (χ0) is 20.7. The van der Waals surface area contributed by atoms with Gasteiger partial charge in [0.05, 0.1) is 15.9 Å². The Morgan fingerprint density at radius 3 is 2.80 bits per heavy atom. The number of anilines is 1. The predicted octanol–water partition coefficient (Wildman–Crippen LogP) is 2.54. The molecule has 2 bridgehead atoms. The van der Waals surface area contributed by atoms with Crippen molar-refractivity contribution in [3.8, 4) is 11.1 Å². The van der Waals surface area contributed by atoms with Gasteiger partial charge in [0.2, 0.25) is 5.95 Å². The van der Waals surface area contributed by atoms with Crippen LogP contribution in [0.15, 0.2) is 29.3 Å². The van der Waals surface area contributed by atoms with Gasteiger partial charge in [0.15, 0.2) is 0 Å². The quantitative estimate of drug-likeness (QED) is 0.516. The summed E-state index contributed by atoms with van der Waals surface area (Å²) in [6.07, 6.45) is 6.81. The first-order valence-electron chi connectivity index (χ1n) is 10.2. The zero-order valence-corrected chi connectivity index (χ0v) is 17.5. The highest BCUT2D eigenvalue weighted by Crippen LogP contribution is 2.40. The predicted molar refractivity (Wildman–Crippen MR) is 118 cm³/mol. The molecule has 0 aliphatic carbocycles. The molecule has 2 saturated heterocycles. The van der Waals surface area contributed by atoms with Gasteiger partial charge in [0.25, 0.3) is 5.56 Å². The lowest BCUT2D eigenvalue weighted by Crippen LogP contribution is -2.40. The number of fused-ring (bicyclic) bond motifs is 4. The molecule has 154 valence electrons. The van der Waals surface area contributed by atoms with E-state index in [4.69, 9.17) is 22.3 Å². The first-order valence-corrected chi connectivity index (χ1v) is 10.6. The summed E-state index contributed by atoms with van der Waals surface area (Å²) in [7, 11) is 3.65. The molecule has 9 heteroatoms. The van der Waals surface area contributed by atoms with Crippen LogP contribution in [0.3, 0.4) is 0 Å². The Kier molecular flexibility index (Phi) is 3.65. The van der Waals surface area contributed by atoms with E-state index in [0.29, 0.717) is 28.0 Å². The van der Waals surface area contributed by atoms with Gasteiger partial charge in [-0.3, -0.25) is 14.0 Å². The maximum Gasteiger partial charge on any atom is 0.264 e. The fourth-order valence-electron chi connectivity index (χ4n) is 5.33. The van der Waals surface area contributed by atoms with Crippen LogP contribution < -0.4 is 16.2 Å². The van der Waals surface area contributed by atoms with E-state index in [1.54, 1.807) is 16.3 Å². The Bertz CT molecular complexity index is 1380. The smallest absolute Gasteiger partial charge is 0.264 e. The number of benzene rings is 1. The molecule has 6 rings (SSSR count). The molecule has 2 fully saturated rings. The minimum absolute atomic E-state index is 0.0894. The van der Waals surface area contributed by atoms with Crippen LogP contribution in [0.4, 0.5) is 5.95 Å². The lowest BCUT2D eigenvalue weighted by molar-refractivity contribution is 0.503. The minimum atomic E-state index is -0.0894. The zero-order valence-electron chi connectivity index (χ0n) is 16.8. The second-order valence-corrected chi connectivity index (χ2v) is 8.85. The molecule has 0 saturated carbocycles. The SMILES string of the molecule is Cn1cc2c(Cl)c(-c3c[nH]c4nc(N5[C@@H]6CC[C@H]5[C@@H](N)C6)n(C)c(=O)c34)ccc2n1. The normalized spacial score (nSPS) is 23.3. The van der Waals surface area contributed by atoms with E-state index >= 15 is 0 Å². The summed E-state index contributed by atoms with van der Waals surface area (Å²) in [5.74, 6) is 0.690. The van der Waals surface area contributed by atoms with Crippen molar-refractivity contribution in [2.75, 3.05) is 4.90 Å². The number of H-pyrrole nitrogens is 1. The molecule has 4 aromatic rings. The molecule has 2 aliphatic rings. The average molecular weight is 424 g/mol. The van der Waals surface area contributed by atoms with Crippen molar-refractivity contribution in [1.82, 2.24) is 24.3 Å². The van der Waals surface area contributed by atoms with Gasteiger partial charge in [0.1, 0.15) is 5.65 Å². The van der Waals surface area contributed by atoms with Crippen LogP contribution in [0.25, 0.3) is 33.1 Å². The summed E-state index contributed by atoms with van der Waals surface area (Å²) >= 11 is 6.72. The van der Waals surface area contributed by atoms with Gasteiger partial charge in [-0.2, -0.15) is 10.1 Å². The molecule has 0 radical (unpaired) electrons. The number of hydrogen-bond acceptors (Lipinski definition) is 5. The third-order valence-electron chi connectivity index (χ3n) is 6.73. The number of rotatable bonds is 2. The number of nitrogens with one attached hydrogen (secondary N) is 1. The van der Waals surface area contributed by atoms with E-state index in [-0.39, 0.29) is 17.6 Å². The second-order valence-electron chi connectivity index (χ2n) is 8.47. The molecule has 0 spiro atoms.